The minimum absolute atomic E-state index is 0.169. The molecular formula is C9H18N2O. The maximum atomic E-state index is 11.4. The van der Waals surface area contributed by atoms with Crippen molar-refractivity contribution in [3.8, 4) is 0 Å². The van der Waals surface area contributed by atoms with E-state index < -0.39 is 0 Å². The lowest BCUT2D eigenvalue weighted by Crippen LogP contribution is -2.35. The molecule has 3 nitrogen and oxygen atoms in total. The topological polar surface area (TPSA) is 55.1 Å². The van der Waals surface area contributed by atoms with Crippen LogP contribution in [-0.4, -0.2) is 18.0 Å². The molecule has 0 radical (unpaired) electrons. The first-order chi connectivity index (χ1) is 5.59. The van der Waals surface area contributed by atoms with Crippen LogP contribution in [0, 0.1) is 5.92 Å². The Balaban J connectivity index is 2.33. The molecule has 0 bridgehead atoms. The van der Waals surface area contributed by atoms with Crippen molar-refractivity contribution >= 4 is 5.91 Å². The van der Waals surface area contributed by atoms with Gasteiger partial charge in [-0.05, 0) is 33.1 Å². The van der Waals surface area contributed by atoms with Gasteiger partial charge in [-0.3, -0.25) is 4.79 Å². The predicted octanol–water partition coefficient (Wildman–Crippen LogP) is 0.638. The molecule has 1 saturated carbocycles. The van der Waals surface area contributed by atoms with Crippen molar-refractivity contribution in [3.05, 3.63) is 0 Å². The van der Waals surface area contributed by atoms with Crippen molar-refractivity contribution in [2.75, 3.05) is 0 Å². The van der Waals surface area contributed by atoms with Crippen molar-refractivity contribution in [2.24, 2.45) is 11.7 Å². The summed E-state index contributed by atoms with van der Waals surface area (Å²) in [4.78, 5) is 11.4. The fourth-order valence-electron chi connectivity index (χ4n) is 1.66. The minimum atomic E-state index is 0.169. The zero-order chi connectivity index (χ0) is 9.14. The second-order valence-corrected chi connectivity index (χ2v) is 3.93. The van der Waals surface area contributed by atoms with E-state index >= 15 is 0 Å². The van der Waals surface area contributed by atoms with Gasteiger partial charge < -0.3 is 11.1 Å². The van der Waals surface area contributed by atoms with E-state index in [4.69, 9.17) is 5.73 Å². The summed E-state index contributed by atoms with van der Waals surface area (Å²) in [6.45, 7) is 3.96. The molecule has 70 valence electrons. The normalized spacial score (nSPS) is 29.3. The van der Waals surface area contributed by atoms with Crippen molar-refractivity contribution in [1.29, 1.82) is 0 Å². The standard InChI is InChI=1S/C9H18N2O/c1-6(2)11-9(12)7-3-4-8(10)5-7/h6-8H,3-5,10H2,1-2H3,(H,11,12)/t7-,8-/m1/s1. The first-order valence-corrected chi connectivity index (χ1v) is 4.65. The molecule has 12 heavy (non-hydrogen) atoms. The summed E-state index contributed by atoms with van der Waals surface area (Å²) in [6, 6.07) is 0.488. The van der Waals surface area contributed by atoms with Gasteiger partial charge in [0.05, 0.1) is 0 Å². The molecule has 0 aromatic heterocycles. The molecule has 0 unspecified atom stereocenters. The van der Waals surface area contributed by atoms with Gasteiger partial charge in [-0.15, -0.1) is 0 Å². The lowest BCUT2D eigenvalue weighted by Gasteiger charge is -2.12. The van der Waals surface area contributed by atoms with E-state index in [-0.39, 0.29) is 23.9 Å². The van der Waals surface area contributed by atoms with Gasteiger partial charge in [-0.25, -0.2) is 0 Å². The second-order valence-electron chi connectivity index (χ2n) is 3.93. The smallest absolute Gasteiger partial charge is 0.223 e. The van der Waals surface area contributed by atoms with E-state index in [0.717, 1.165) is 19.3 Å². The summed E-state index contributed by atoms with van der Waals surface area (Å²) in [5.74, 6) is 0.348. The summed E-state index contributed by atoms with van der Waals surface area (Å²) < 4.78 is 0. The van der Waals surface area contributed by atoms with E-state index in [1.165, 1.54) is 0 Å². The van der Waals surface area contributed by atoms with Crippen molar-refractivity contribution in [1.82, 2.24) is 5.32 Å². The van der Waals surface area contributed by atoms with E-state index in [9.17, 15) is 4.79 Å². The Morgan fingerprint density at radius 2 is 2.17 bits per heavy atom. The van der Waals surface area contributed by atoms with Crippen molar-refractivity contribution < 1.29 is 4.79 Å². The van der Waals surface area contributed by atoms with Crippen molar-refractivity contribution in [2.45, 2.75) is 45.2 Å². The van der Waals surface area contributed by atoms with Crippen LogP contribution >= 0.6 is 0 Å². The van der Waals surface area contributed by atoms with Crippen molar-refractivity contribution in [3.63, 3.8) is 0 Å². The van der Waals surface area contributed by atoms with Crippen LogP contribution in [0.4, 0.5) is 0 Å². The molecule has 0 aromatic carbocycles. The third-order valence-corrected chi connectivity index (χ3v) is 2.27. The second kappa shape index (κ2) is 3.90. The SMILES string of the molecule is CC(C)NC(=O)[C@@H]1CC[C@@H](N)C1. The fraction of sp³-hybridized carbons (Fsp3) is 0.889. The molecule has 3 N–H and O–H groups in total. The number of carbonyl (C=O) groups is 1. The zero-order valence-corrected chi connectivity index (χ0v) is 7.84. The first kappa shape index (κ1) is 9.52. The van der Waals surface area contributed by atoms with Crippen LogP contribution in [0.15, 0.2) is 0 Å². The number of nitrogens with two attached hydrogens (primary N) is 1. The van der Waals surface area contributed by atoms with Gasteiger partial charge in [-0.2, -0.15) is 0 Å². The molecule has 1 fully saturated rings. The molecule has 3 heteroatoms. The van der Waals surface area contributed by atoms with Gasteiger partial charge >= 0.3 is 0 Å². The molecule has 0 spiro atoms. The van der Waals surface area contributed by atoms with Crippen LogP contribution in [0.25, 0.3) is 0 Å². The van der Waals surface area contributed by atoms with E-state index in [1.54, 1.807) is 0 Å². The summed E-state index contributed by atoms with van der Waals surface area (Å²) in [6.07, 6.45) is 2.81. The number of nitrogens with one attached hydrogen (secondary N) is 1. The van der Waals surface area contributed by atoms with E-state index in [0.29, 0.717) is 0 Å². The van der Waals surface area contributed by atoms with E-state index in [1.807, 2.05) is 13.8 Å². The zero-order valence-electron chi connectivity index (χ0n) is 7.84. The number of carbonyl (C=O) groups excluding carboxylic acids is 1. The Hall–Kier alpha value is -0.570. The average molecular weight is 170 g/mol. The molecule has 1 amide bonds. The summed E-state index contributed by atoms with van der Waals surface area (Å²) >= 11 is 0. The summed E-state index contributed by atoms with van der Waals surface area (Å²) in [7, 11) is 0. The van der Waals surface area contributed by atoms with Gasteiger partial charge in [0.15, 0.2) is 0 Å². The highest BCUT2D eigenvalue weighted by Crippen LogP contribution is 2.23. The van der Waals surface area contributed by atoms with Crippen LogP contribution in [0.1, 0.15) is 33.1 Å². The molecular weight excluding hydrogens is 152 g/mol. The van der Waals surface area contributed by atoms with Crippen LogP contribution in [0.5, 0.6) is 0 Å². The van der Waals surface area contributed by atoms with E-state index in [2.05, 4.69) is 5.32 Å². The Bertz CT molecular complexity index is 168. The third kappa shape index (κ3) is 2.48. The molecule has 1 aliphatic carbocycles. The van der Waals surface area contributed by atoms with Crippen LogP contribution in [-0.2, 0) is 4.79 Å². The fourth-order valence-corrected chi connectivity index (χ4v) is 1.66. The number of rotatable bonds is 2. The third-order valence-electron chi connectivity index (χ3n) is 2.27. The van der Waals surface area contributed by atoms with Gasteiger partial charge in [0.25, 0.3) is 0 Å². The maximum Gasteiger partial charge on any atom is 0.223 e. The van der Waals surface area contributed by atoms with Gasteiger partial charge in [0.2, 0.25) is 5.91 Å². The predicted molar refractivity (Wildman–Crippen MR) is 48.6 cm³/mol. The summed E-state index contributed by atoms with van der Waals surface area (Å²) in [5.41, 5.74) is 5.71. The molecule has 1 aliphatic rings. The Morgan fingerprint density at radius 1 is 1.50 bits per heavy atom. The van der Waals surface area contributed by atoms with Crippen LogP contribution in [0.3, 0.4) is 0 Å². The quantitative estimate of drug-likeness (QED) is 0.639. The number of hydrogen-bond donors (Lipinski definition) is 2. The molecule has 1 rings (SSSR count). The Kier molecular flexibility index (Phi) is 3.09. The highest BCUT2D eigenvalue weighted by molar-refractivity contribution is 5.79. The molecule has 0 aromatic rings. The maximum absolute atomic E-state index is 11.4. The van der Waals surface area contributed by atoms with Gasteiger partial charge in [0, 0.05) is 18.0 Å². The Morgan fingerprint density at radius 3 is 2.58 bits per heavy atom. The minimum Gasteiger partial charge on any atom is -0.354 e. The monoisotopic (exact) mass is 170 g/mol. The summed E-state index contributed by atoms with van der Waals surface area (Å²) in [5, 5.41) is 2.91. The van der Waals surface area contributed by atoms with Gasteiger partial charge in [-0.1, -0.05) is 0 Å². The molecule has 0 aliphatic heterocycles. The number of hydrogen-bond acceptors (Lipinski definition) is 2. The lowest BCUT2D eigenvalue weighted by molar-refractivity contribution is -0.125. The molecule has 2 atom stereocenters. The highest BCUT2D eigenvalue weighted by atomic mass is 16.1. The van der Waals surface area contributed by atoms with Crippen LogP contribution in [0.2, 0.25) is 0 Å². The van der Waals surface area contributed by atoms with Crippen LogP contribution < -0.4 is 11.1 Å². The lowest BCUT2D eigenvalue weighted by atomic mass is 10.1. The molecule has 0 saturated heterocycles. The average Bonchev–Trinajstić information content (AvgIpc) is 2.34. The highest BCUT2D eigenvalue weighted by Gasteiger charge is 2.27. The van der Waals surface area contributed by atoms with Gasteiger partial charge in [0.1, 0.15) is 0 Å². The molecule has 0 heterocycles. The Labute approximate surface area is 73.7 Å². The number of amides is 1. The largest absolute Gasteiger partial charge is 0.354 e. The first-order valence-electron chi connectivity index (χ1n) is 4.65.